The van der Waals surface area contributed by atoms with Gasteiger partial charge in [0.15, 0.2) is 16.5 Å². The molecule has 9 heteroatoms. The van der Waals surface area contributed by atoms with Crippen LogP contribution in [-0.4, -0.2) is 42.0 Å². The zero-order valence-electron chi connectivity index (χ0n) is 16.5. The molecular weight excluding hydrogens is 384 g/mol. The summed E-state index contributed by atoms with van der Waals surface area (Å²) in [5.74, 6) is 1.80. The van der Waals surface area contributed by atoms with Gasteiger partial charge in [-0.1, -0.05) is 37.7 Å². The Bertz CT molecular complexity index is 1070. The van der Waals surface area contributed by atoms with E-state index in [0.717, 1.165) is 39.5 Å². The summed E-state index contributed by atoms with van der Waals surface area (Å²) < 4.78 is 1.98. The number of rotatable bonds is 8. The van der Waals surface area contributed by atoms with Crippen molar-refractivity contribution in [2.75, 3.05) is 17.6 Å². The number of nitrogens with zero attached hydrogens (tertiary/aromatic N) is 5. The first-order valence-corrected chi connectivity index (χ1v) is 10.5. The fraction of sp³-hybridized carbons (Fsp3) is 0.300. The molecule has 8 nitrogen and oxygen atoms in total. The Balaban J connectivity index is 1.57. The molecule has 4 rings (SSSR count). The van der Waals surface area contributed by atoms with Crippen molar-refractivity contribution in [2.45, 2.75) is 31.5 Å². The molecule has 0 radical (unpaired) electrons. The lowest BCUT2D eigenvalue weighted by Gasteiger charge is -2.10. The van der Waals surface area contributed by atoms with Gasteiger partial charge in [0.25, 0.3) is 0 Å². The Labute approximate surface area is 173 Å². The normalized spacial score (nSPS) is 11.4. The molecule has 0 unspecified atom stereocenters. The van der Waals surface area contributed by atoms with Crippen molar-refractivity contribution in [3.8, 4) is 5.69 Å². The second-order valence-corrected chi connectivity index (χ2v) is 8.03. The van der Waals surface area contributed by atoms with Crippen LogP contribution in [0, 0.1) is 0 Å². The molecule has 0 bridgehead atoms. The molecule has 0 aliphatic carbocycles. The van der Waals surface area contributed by atoms with Gasteiger partial charge >= 0.3 is 0 Å². The maximum absolute atomic E-state index is 5.65. The standard InChI is InChI=1S/C20H24N8S/c1-13(2)16-17-18(27-26-16)19(25-20(24-17)29-10-7-21)23-11-14-3-5-15(6-4-14)28-9-8-22-12-28/h3-6,8-9,12-13H,7,10-11,21H2,1-2H3,(H,26,27)(H,23,24,25). The number of thioether (sulfide) groups is 1. The summed E-state index contributed by atoms with van der Waals surface area (Å²) in [7, 11) is 0. The van der Waals surface area contributed by atoms with Crippen molar-refractivity contribution in [1.29, 1.82) is 0 Å². The molecule has 0 aliphatic rings. The van der Waals surface area contributed by atoms with Gasteiger partial charge in [0.2, 0.25) is 0 Å². The van der Waals surface area contributed by atoms with E-state index in [1.165, 1.54) is 0 Å². The largest absolute Gasteiger partial charge is 0.364 e. The van der Waals surface area contributed by atoms with Crippen molar-refractivity contribution >= 4 is 28.6 Å². The van der Waals surface area contributed by atoms with Crippen LogP contribution in [-0.2, 0) is 6.54 Å². The van der Waals surface area contributed by atoms with Crippen LogP contribution in [0.3, 0.4) is 0 Å². The maximum Gasteiger partial charge on any atom is 0.190 e. The molecule has 0 aliphatic heterocycles. The summed E-state index contributed by atoms with van der Waals surface area (Å²) in [6.07, 6.45) is 5.48. The zero-order valence-corrected chi connectivity index (χ0v) is 17.3. The lowest BCUT2D eigenvalue weighted by molar-refractivity contribution is 0.814. The topological polar surface area (TPSA) is 110 Å². The number of nitrogens with one attached hydrogen (secondary N) is 2. The van der Waals surface area contributed by atoms with Crippen LogP contribution in [0.2, 0.25) is 0 Å². The third-order valence-electron chi connectivity index (χ3n) is 4.53. The van der Waals surface area contributed by atoms with Gasteiger partial charge in [-0.3, -0.25) is 5.10 Å². The Morgan fingerprint density at radius 1 is 1.17 bits per heavy atom. The van der Waals surface area contributed by atoms with E-state index in [2.05, 4.69) is 63.6 Å². The van der Waals surface area contributed by atoms with Gasteiger partial charge in [-0.15, -0.1) is 0 Å². The molecular formula is C20H24N8S. The van der Waals surface area contributed by atoms with E-state index in [0.29, 0.717) is 24.2 Å². The van der Waals surface area contributed by atoms with E-state index in [9.17, 15) is 0 Å². The fourth-order valence-electron chi connectivity index (χ4n) is 3.02. The molecule has 0 fully saturated rings. The lowest BCUT2D eigenvalue weighted by Crippen LogP contribution is -2.06. The van der Waals surface area contributed by atoms with Gasteiger partial charge in [0.05, 0.1) is 12.0 Å². The molecule has 4 aromatic rings. The second-order valence-electron chi connectivity index (χ2n) is 6.97. The Morgan fingerprint density at radius 2 is 2.00 bits per heavy atom. The molecule has 3 heterocycles. The highest BCUT2D eigenvalue weighted by Crippen LogP contribution is 2.28. The predicted octanol–water partition coefficient (Wildman–Crippen LogP) is 3.32. The highest BCUT2D eigenvalue weighted by Gasteiger charge is 2.17. The molecule has 0 atom stereocenters. The van der Waals surface area contributed by atoms with Crippen molar-refractivity contribution in [3.05, 3.63) is 54.2 Å². The number of hydrogen-bond donors (Lipinski definition) is 3. The third kappa shape index (κ3) is 4.25. The molecule has 0 saturated carbocycles. The zero-order chi connectivity index (χ0) is 20.2. The Morgan fingerprint density at radius 3 is 2.69 bits per heavy atom. The van der Waals surface area contributed by atoms with Crippen LogP contribution in [0.4, 0.5) is 5.82 Å². The molecule has 0 saturated heterocycles. The van der Waals surface area contributed by atoms with E-state index in [4.69, 9.17) is 10.7 Å². The Kier molecular flexibility index (Phi) is 5.77. The van der Waals surface area contributed by atoms with Crippen LogP contribution in [0.25, 0.3) is 16.7 Å². The van der Waals surface area contributed by atoms with Gasteiger partial charge in [-0.2, -0.15) is 5.10 Å². The van der Waals surface area contributed by atoms with E-state index >= 15 is 0 Å². The maximum atomic E-state index is 5.65. The van der Waals surface area contributed by atoms with Gasteiger partial charge in [-0.05, 0) is 23.6 Å². The number of fused-ring (bicyclic) bond motifs is 1. The molecule has 0 spiro atoms. The summed E-state index contributed by atoms with van der Waals surface area (Å²) >= 11 is 1.56. The van der Waals surface area contributed by atoms with Crippen LogP contribution in [0.15, 0.2) is 48.1 Å². The molecule has 29 heavy (non-hydrogen) atoms. The van der Waals surface area contributed by atoms with E-state index in [1.807, 2.05) is 10.8 Å². The summed E-state index contributed by atoms with van der Waals surface area (Å²) in [6, 6.07) is 8.33. The smallest absolute Gasteiger partial charge is 0.190 e. The van der Waals surface area contributed by atoms with Crippen molar-refractivity contribution in [2.24, 2.45) is 5.73 Å². The molecule has 0 amide bonds. The molecule has 3 aromatic heterocycles. The van der Waals surface area contributed by atoms with Crippen LogP contribution in [0.1, 0.15) is 31.0 Å². The summed E-state index contributed by atoms with van der Waals surface area (Å²) in [5, 5.41) is 11.7. The summed E-state index contributed by atoms with van der Waals surface area (Å²) in [6.45, 7) is 5.47. The van der Waals surface area contributed by atoms with Crippen molar-refractivity contribution in [3.63, 3.8) is 0 Å². The summed E-state index contributed by atoms with van der Waals surface area (Å²) in [4.78, 5) is 13.5. The predicted molar refractivity (Wildman–Crippen MR) is 116 cm³/mol. The lowest BCUT2D eigenvalue weighted by atomic mass is 10.1. The average Bonchev–Trinajstić information content (AvgIpc) is 3.41. The minimum Gasteiger partial charge on any atom is -0.364 e. The van der Waals surface area contributed by atoms with Gasteiger partial charge in [-0.25, -0.2) is 15.0 Å². The first kappa shape index (κ1) is 19.4. The number of anilines is 1. The van der Waals surface area contributed by atoms with Crippen LogP contribution >= 0.6 is 11.8 Å². The van der Waals surface area contributed by atoms with Crippen LogP contribution in [0.5, 0.6) is 0 Å². The molecule has 4 N–H and O–H groups in total. The highest BCUT2D eigenvalue weighted by atomic mass is 32.2. The number of benzene rings is 1. The average molecular weight is 409 g/mol. The van der Waals surface area contributed by atoms with Crippen LogP contribution < -0.4 is 11.1 Å². The third-order valence-corrected chi connectivity index (χ3v) is 5.41. The second kappa shape index (κ2) is 8.62. The SMILES string of the molecule is CC(C)c1[nH]nc2c(NCc3ccc(-n4ccnc4)cc3)nc(SCCN)nc12. The number of nitrogens with two attached hydrogens (primary N) is 1. The Hall–Kier alpha value is -2.91. The summed E-state index contributed by atoms with van der Waals surface area (Å²) in [5.41, 5.74) is 10.5. The first-order chi connectivity index (χ1) is 14.2. The molecule has 1 aromatic carbocycles. The quantitative estimate of drug-likeness (QED) is 0.303. The first-order valence-electron chi connectivity index (χ1n) is 9.55. The minimum atomic E-state index is 0.297. The number of imidazole rings is 1. The van der Waals surface area contributed by atoms with Gasteiger partial charge in [0, 0.05) is 36.9 Å². The number of aromatic amines is 1. The van der Waals surface area contributed by atoms with Crippen molar-refractivity contribution < 1.29 is 0 Å². The minimum absolute atomic E-state index is 0.297. The monoisotopic (exact) mass is 408 g/mol. The highest BCUT2D eigenvalue weighted by molar-refractivity contribution is 7.99. The van der Waals surface area contributed by atoms with Gasteiger partial charge in [0.1, 0.15) is 5.52 Å². The van der Waals surface area contributed by atoms with E-state index in [-0.39, 0.29) is 0 Å². The molecule has 150 valence electrons. The van der Waals surface area contributed by atoms with E-state index in [1.54, 1.807) is 24.3 Å². The number of aromatic nitrogens is 6. The van der Waals surface area contributed by atoms with E-state index < -0.39 is 0 Å². The number of hydrogen-bond acceptors (Lipinski definition) is 7. The fourth-order valence-corrected chi connectivity index (χ4v) is 3.63. The van der Waals surface area contributed by atoms with Crippen molar-refractivity contribution in [1.82, 2.24) is 29.7 Å². The number of H-pyrrole nitrogens is 1. The van der Waals surface area contributed by atoms with Gasteiger partial charge < -0.3 is 15.6 Å².